The first-order chi connectivity index (χ1) is 21.8. The molecule has 0 saturated carbocycles. The topological polar surface area (TPSA) is 144 Å². The summed E-state index contributed by atoms with van der Waals surface area (Å²) in [5.74, 6) is -1.81. The molecule has 45 heavy (non-hydrogen) atoms. The number of anilines is 2. The van der Waals surface area contributed by atoms with Crippen LogP contribution in [0.1, 0.15) is 64.5 Å². The van der Waals surface area contributed by atoms with Crippen LogP contribution in [0.25, 0.3) is 0 Å². The molecule has 0 spiro atoms. The summed E-state index contributed by atoms with van der Waals surface area (Å²) in [7, 11) is 0. The van der Waals surface area contributed by atoms with E-state index in [9.17, 15) is 24.9 Å². The minimum atomic E-state index is -0.684. The molecule has 0 fully saturated rings. The van der Waals surface area contributed by atoms with Gasteiger partial charge >= 0.3 is 5.97 Å². The first-order valence-corrected chi connectivity index (χ1v) is 16.4. The molecule has 2 heterocycles. The summed E-state index contributed by atoms with van der Waals surface area (Å²) in [5.41, 5.74) is 4.43. The normalized spacial score (nSPS) is 15.7. The van der Waals surface area contributed by atoms with Gasteiger partial charge < -0.3 is 20.7 Å². The summed E-state index contributed by atoms with van der Waals surface area (Å²) >= 11 is 2.65. The fourth-order valence-corrected chi connectivity index (χ4v) is 7.63. The number of rotatable bonds is 9. The van der Waals surface area contributed by atoms with Gasteiger partial charge in [-0.15, -0.1) is 11.3 Å². The van der Waals surface area contributed by atoms with E-state index >= 15 is 0 Å². The Morgan fingerprint density at radius 2 is 1.76 bits per heavy atom. The molecule has 228 valence electrons. The van der Waals surface area contributed by atoms with Gasteiger partial charge in [0.05, 0.1) is 46.1 Å². The molecule has 1 aliphatic heterocycles. The Kier molecular flexibility index (Phi) is 10.0. The van der Waals surface area contributed by atoms with Gasteiger partial charge in [0.25, 0.3) is 5.91 Å². The number of amides is 2. The highest BCUT2D eigenvalue weighted by molar-refractivity contribution is 8.03. The number of fused-ring (bicyclic) bond motifs is 1. The Morgan fingerprint density at radius 3 is 2.44 bits per heavy atom. The molecule has 2 amide bonds. The lowest BCUT2D eigenvalue weighted by Gasteiger charge is -2.30. The van der Waals surface area contributed by atoms with E-state index in [2.05, 4.69) is 28.1 Å². The van der Waals surface area contributed by atoms with Gasteiger partial charge in [-0.3, -0.25) is 9.59 Å². The molecule has 0 radical (unpaired) electrons. The third kappa shape index (κ3) is 6.96. The number of hydrogen-bond donors (Lipinski definition) is 3. The number of nitrogens with zero attached hydrogens (tertiary/aromatic N) is 2. The second-order valence-electron chi connectivity index (χ2n) is 10.5. The van der Waals surface area contributed by atoms with Gasteiger partial charge in [0.15, 0.2) is 0 Å². The monoisotopic (exact) mass is 637 g/mol. The Balaban J connectivity index is 1.36. The molecular formula is C34H31N5O4S2. The number of carbonyl (C=O) groups is 3. The van der Waals surface area contributed by atoms with E-state index in [1.54, 1.807) is 38.1 Å². The maximum atomic E-state index is 13.7. The van der Waals surface area contributed by atoms with Crippen molar-refractivity contribution in [1.82, 2.24) is 5.32 Å². The summed E-state index contributed by atoms with van der Waals surface area (Å²) in [5, 5.41) is 30.2. The standard InChI is InChI=1S/C34H31N5O4S2/c1-3-43-34(42)22-13-15-23(16-14-22)38-31(41)29-20(2)37-32(26(18-36)30(29)21-9-5-4-6-10-21)44-19-28(40)39-33-25(17-35)24-11-7-8-12-27(24)45-33/h4-6,9-10,13-16,30,37H,3,7-8,11-12,19H2,1-2H3,(H,38,41)(H,39,40). The lowest BCUT2D eigenvalue weighted by atomic mass is 9.82. The quantitative estimate of drug-likeness (QED) is 0.229. The van der Waals surface area contributed by atoms with Gasteiger partial charge in [-0.2, -0.15) is 10.5 Å². The maximum Gasteiger partial charge on any atom is 0.338 e. The molecule has 5 rings (SSSR count). The molecule has 9 nitrogen and oxygen atoms in total. The van der Waals surface area contributed by atoms with Crippen LogP contribution in [-0.4, -0.2) is 30.1 Å². The smallest absolute Gasteiger partial charge is 0.338 e. The van der Waals surface area contributed by atoms with Crippen LogP contribution >= 0.6 is 23.1 Å². The van der Waals surface area contributed by atoms with E-state index < -0.39 is 17.8 Å². The fraction of sp³-hybridized carbons (Fsp3) is 0.265. The molecule has 3 N–H and O–H groups in total. The number of aryl methyl sites for hydroxylation is 1. The number of ether oxygens (including phenoxy) is 1. The largest absolute Gasteiger partial charge is 0.462 e. The van der Waals surface area contributed by atoms with E-state index in [1.807, 2.05) is 30.3 Å². The van der Waals surface area contributed by atoms with E-state index in [0.717, 1.165) is 41.7 Å². The number of benzene rings is 2. The first kappa shape index (κ1) is 31.6. The lowest BCUT2D eigenvalue weighted by molar-refractivity contribution is -0.114. The van der Waals surface area contributed by atoms with Crippen LogP contribution in [0.15, 0.2) is 76.5 Å². The summed E-state index contributed by atoms with van der Waals surface area (Å²) < 4.78 is 5.03. The van der Waals surface area contributed by atoms with Crippen molar-refractivity contribution in [3.8, 4) is 12.1 Å². The highest BCUT2D eigenvalue weighted by atomic mass is 32.2. The van der Waals surface area contributed by atoms with Crippen LogP contribution in [0.5, 0.6) is 0 Å². The number of allylic oxidation sites excluding steroid dienone is 2. The fourth-order valence-electron chi connectivity index (χ4n) is 5.48. The van der Waals surface area contributed by atoms with E-state index in [4.69, 9.17) is 4.74 Å². The highest BCUT2D eigenvalue weighted by Crippen LogP contribution is 2.41. The summed E-state index contributed by atoms with van der Waals surface area (Å²) in [6.45, 7) is 3.75. The number of dihydropyridines is 1. The molecule has 1 aliphatic carbocycles. The van der Waals surface area contributed by atoms with Crippen LogP contribution in [0, 0.1) is 22.7 Å². The molecule has 2 aromatic carbocycles. The van der Waals surface area contributed by atoms with Crippen molar-refractivity contribution in [2.75, 3.05) is 23.0 Å². The number of nitriles is 2. The minimum absolute atomic E-state index is 0.00405. The maximum absolute atomic E-state index is 13.7. The number of esters is 1. The molecule has 3 aromatic rings. The summed E-state index contributed by atoms with van der Waals surface area (Å²) in [6.07, 6.45) is 3.89. The van der Waals surface area contributed by atoms with Gasteiger partial charge in [0.1, 0.15) is 11.1 Å². The number of carbonyl (C=O) groups excluding carboxylic acids is 3. The number of hydrogen-bond acceptors (Lipinski definition) is 9. The zero-order chi connectivity index (χ0) is 31.9. The van der Waals surface area contributed by atoms with Crippen LogP contribution < -0.4 is 16.0 Å². The van der Waals surface area contributed by atoms with E-state index in [1.165, 1.54) is 23.1 Å². The van der Waals surface area contributed by atoms with Crippen LogP contribution in [0.3, 0.4) is 0 Å². The first-order valence-electron chi connectivity index (χ1n) is 14.6. The Bertz CT molecular complexity index is 1780. The number of thiophene rings is 1. The molecule has 1 aromatic heterocycles. The SMILES string of the molecule is CCOC(=O)c1ccc(NC(=O)C2=C(C)NC(SCC(=O)Nc3sc4c(c3C#N)CCCC4)=C(C#N)C2c2ccccc2)cc1. The molecule has 11 heteroatoms. The van der Waals surface area contributed by atoms with E-state index in [-0.39, 0.29) is 18.3 Å². The lowest BCUT2D eigenvalue weighted by Crippen LogP contribution is -2.31. The number of thioether (sulfide) groups is 1. The van der Waals surface area contributed by atoms with Crippen LogP contribution in [0.4, 0.5) is 10.7 Å². The predicted molar refractivity (Wildman–Crippen MR) is 175 cm³/mol. The van der Waals surface area contributed by atoms with Crippen molar-refractivity contribution < 1.29 is 19.1 Å². The van der Waals surface area contributed by atoms with Crippen molar-refractivity contribution in [2.24, 2.45) is 0 Å². The van der Waals surface area contributed by atoms with Crippen molar-refractivity contribution in [3.05, 3.63) is 104 Å². The van der Waals surface area contributed by atoms with Gasteiger partial charge in [0.2, 0.25) is 5.91 Å². The highest BCUT2D eigenvalue weighted by Gasteiger charge is 2.35. The van der Waals surface area contributed by atoms with Gasteiger partial charge in [-0.05, 0) is 74.9 Å². The van der Waals surface area contributed by atoms with Gasteiger partial charge in [-0.25, -0.2) is 4.79 Å². The average molecular weight is 638 g/mol. The molecular weight excluding hydrogens is 607 g/mol. The molecule has 0 saturated heterocycles. The molecule has 2 aliphatic rings. The second kappa shape index (κ2) is 14.3. The van der Waals surface area contributed by atoms with Crippen molar-refractivity contribution in [2.45, 2.75) is 45.4 Å². The van der Waals surface area contributed by atoms with E-state index in [0.29, 0.717) is 43.7 Å². The van der Waals surface area contributed by atoms with Crippen LogP contribution in [0.2, 0.25) is 0 Å². The minimum Gasteiger partial charge on any atom is -0.462 e. The zero-order valence-corrected chi connectivity index (χ0v) is 26.5. The molecule has 1 unspecified atom stereocenters. The van der Waals surface area contributed by atoms with Gasteiger partial charge in [0, 0.05) is 21.8 Å². The number of nitrogens with one attached hydrogen (secondary N) is 3. The zero-order valence-electron chi connectivity index (χ0n) is 24.9. The van der Waals surface area contributed by atoms with Crippen molar-refractivity contribution in [3.63, 3.8) is 0 Å². The summed E-state index contributed by atoms with van der Waals surface area (Å²) in [6, 6.07) is 20.2. The second-order valence-corrected chi connectivity index (χ2v) is 12.6. The van der Waals surface area contributed by atoms with Crippen LogP contribution in [-0.2, 0) is 27.2 Å². The Morgan fingerprint density at radius 1 is 1.02 bits per heavy atom. The third-order valence-electron chi connectivity index (χ3n) is 7.56. The van der Waals surface area contributed by atoms with Crippen molar-refractivity contribution in [1.29, 1.82) is 10.5 Å². The average Bonchev–Trinajstić information content (AvgIpc) is 3.40. The van der Waals surface area contributed by atoms with Crippen molar-refractivity contribution >= 4 is 51.6 Å². The molecule has 1 atom stereocenters. The van der Waals surface area contributed by atoms with Gasteiger partial charge in [-0.1, -0.05) is 42.1 Å². The molecule has 0 bridgehead atoms. The summed E-state index contributed by atoms with van der Waals surface area (Å²) in [4.78, 5) is 40.0. The predicted octanol–water partition coefficient (Wildman–Crippen LogP) is 6.38. The third-order valence-corrected chi connectivity index (χ3v) is 9.79. The Labute approximate surface area is 270 Å². The Hall–Kier alpha value is -4.84.